The molecule has 7 nitrogen and oxygen atoms in total. The van der Waals surface area contributed by atoms with Crippen LogP contribution in [0, 0.1) is 27.7 Å². The van der Waals surface area contributed by atoms with Gasteiger partial charge in [0.05, 0.1) is 29.7 Å². The van der Waals surface area contributed by atoms with Gasteiger partial charge in [0.15, 0.2) is 0 Å². The van der Waals surface area contributed by atoms with Crippen molar-refractivity contribution in [3.8, 4) is 28.6 Å². The van der Waals surface area contributed by atoms with Crippen molar-refractivity contribution >= 4 is 0 Å². The molecule has 0 saturated carbocycles. The zero-order chi connectivity index (χ0) is 26.9. The van der Waals surface area contributed by atoms with Crippen LogP contribution in [0.25, 0.3) is 17.1 Å². The van der Waals surface area contributed by atoms with Gasteiger partial charge in [0.2, 0.25) is 0 Å². The first kappa shape index (κ1) is 26.1. The van der Waals surface area contributed by atoms with Crippen LogP contribution in [0.5, 0.6) is 11.5 Å². The van der Waals surface area contributed by atoms with Gasteiger partial charge in [0, 0.05) is 29.1 Å². The van der Waals surface area contributed by atoms with Gasteiger partial charge in [-0.15, -0.1) is 0 Å². The Morgan fingerprint density at radius 3 is 2.43 bits per heavy atom. The molecule has 0 saturated heterocycles. The lowest BCUT2D eigenvalue weighted by Gasteiger charge is -2.20. The Kier molecular flexibility index (Phi) is 7.16. The first-order valence-electron chi connectivity index (χ1n) is 12.3. The monoisotopic (exact) mass is 498 g/mol. The van der Waals surface area contributed by atoms with E-state index in [1.807, 2.05) is 63.4 Å². The van der Waals surface area contributed by atoms with Crippen LogP contribution < -0.4 is 15.0 Å². The Balaban J connectivity index is 1.74. The first-order valence-corrected chi connectivity index (χ1v) is 12.3. The number of hydrogen-bond acceptors (Lipinski definition) is 6. The molecule has 0 aliphatic carbocycles. The molecule has 192 valence electrons. The van der Waals surface area contributed by atoms with Gasteiger partial charge >= 0.3 is 0 Å². The van der Waals surface area contributed by atoms with Crippen molar-refractivity contribution in [3.05, 3.63) is 92.9 Å². The molecule has 1 aromatic carbocycles. The maximum absolute atomic E-state index is 13.6. The molecule has 37 heavy (non-hydrogen) atoms. The van der Waals surface area contributed by atoms with Crippen LogP contribution in [-0.2, 0) is 12.0 Å². The summed E-state index contributed by atoms with van der Waals surface area (Å²) in [5.74, 6) is 2.12. The lowest BCUT2D eigenvalue weighted by Crippen LogP contribution is -2.25. The minimum Gasteiger partial charge on any atom is -0.497 e. The van der Waals surface area contributed by atoms with Gasteiger partial charge < -0.3 is 9.47 Å². The number of nitrogens with zero attached hydrogens (tertiary/aromatic N) is 4. The highest BCUT2D eigenvalue weighted by Gasteiger charge is 2.21. The van der Waals surface area contributed by atoms with Crippen molar-refractivity contribution in [2.45, 2.75) is 60.5 Å². The van der Waals surface area contributed by atoms with E-state index in [2.05, 4.69) is 30.7 Å². The number of methoxy groups -OCH3 is 1. The van der Waals surface area contributed by atoms with Crippen molar-refractivity contribution in [2.24, 2.45) is 0 Å². The summed E-state index contributed by atoms with van der Waals surface area (Å²) in [7, 11) is 1.64. The Morgan fingerprint density at radius 2 is 1.73 bits per heavy atom. The molecule has 0 unspecified atom stereocenters. The quantitative estimate of drug-likeness (QED) is 0.334. The van der Waals surface area contributed by atoms with E-state index in [1.54, 1.807) is 24.8 Å². The second kappa shape index (κ2) is 10.2. The molecule has 0 radical (unpaired) electrons. The number of pyridine rings is 2. The van der Waals surface area contributed by atoms with Gasteiger partial charge in [-0.05, 0) is 63.1 Å². The molecule has 0 spiro atoms. The van der Waals surface area contributed by atoms with Gasteiger partial charge in [-0.1, -0.05) is 32.9 Å². The zero-order valence-electron chi connectivity index (χ0n) is 22.8. The average Bonchev–Trinajstić information content (AvgIpc) is 2.87. The van der Waals surface area contributed by atoms with Crippen molar-refractivity contribution in [1.82, 2.24) is 19.5 Å². The fourth-order valence-electron chi connectivity index (χ4n) is 4.23. The molecule has 0 atom stereocenters. The van der Waals surface area contributed by atoms with Crippen LogP contribution >= 0.6 is 0 Å². The highest BCUT2D eigenvalue weighted by Crippen LogP contribution is 2.29. The number of ether oxygens (including phenoxy) is 2. The maximum Gasteiger partial charge on any atom is 0.261 e. The molecule has 0 N–H and O–H groups in total. The standard InChI is InChI=1S/C30H34N4O3/c1-18-16-32-29(30(5,6)7)33-26(18)25-15-23(12-13-31-25)34-21(4)19(2)27(20(3)28(34)35)37-17-22-10-9-11-24(14-22)36-8/h9-16H,17H2,1-8H3. The summed E-state index contributed by atoms with van der Waals surface area (Å²) in [5, 5.41) is 0. The fourth-order valence-corrected chi connectivity index (χ4v) is 4.23. The van der Waals surface area contributed by atoms with Gasteiger partial charge in [-0.25, -0.2) is 9.97 Å². The SMILES string of the molecule is COc1cccc(COc2c(C)c(C)n(-c3ccnc(-c4nc(C(C)(C)C)ncc4C)c3)c(=O)c2C)c1. The molecule has 3 aromatic heterocycles. The fraction of sp³-hybridized carbons (Fsp3) is 0.333. The highest BCUT2D eigenvalue weighted by molar-refractivity contribution is 5.61. The van der Waals surface area contributed by atoms with E-state index < -0.39 is 0 Å². The Hall–Kier alpha value is -4.00. The molecule has 0 fully saturated rings. The van der Waals surface area contributed by atoms with Crippen LogP contribution in [-0.4, -0.2) is 26.6 Å². The van der Waals surface area contributed by atoms with Gasteiger partial charge in [-0.2, -0.15) is 0 Å². The summed E-state index contributed by atoms with van der Waals surface area (Å²) in [6, 6.07) is 11.5. The lowest BCUT2D eigenvalue weighted by atomic mass is 9.95. The van der Waals surface area contributed by atoms with E-state index >= 15 is 0 Å². The van der Waals surface area contributed by atoms with Gasteiger partial charge in [0.1, 0.15) is 23.9 Å². The van der Waals surface area contributed by atoms with Crippen molar-refractivity contribution < 1.29 is 9.47 Å². The third-order valence-corrected chi connectivity index (χ3v) is 6.49. The van der Waals surface area contributed by atoms with E-state index in [4.69, 9.17) is 14.5 Å². The minimum absolute atomic E-state index is 0.129. The number of aryl methyl sites for hydroxylation is 1. The summed E-state index contributed by atoms with van der Waals surface area (Å²) in [4.78, 5) is 27.5. The van der Waals surface area contributed by atoms with Crippen LogP contribution in [0.15, 0.2) is 53.6 Å². The Labute approximate surface area is 218 Å². The summed E-state index contributed by atoms with van der Waals surface area (Å²) < 4.78 is 13.2. The lowest BCUT2D eigenvalue weighted by molar-refractivity contribution is 0.299. The normalized spacial score (nSPS) is 11.5. The van der Waals surface area contributed by atoms with Gasteiger partial charge in [-0.3, -0.25) is 14.3 Å². The number of aromatic nitrogens is 4. The van der Waals surface area contributed by atoms with Crippen molar-refractivity contribution in [1.29, 1.82) is 0 Å². The minimum atomic E-state index is -0.192. The van der Waals surface area contributed by atoms with Gasteiger partial charge in [0.25, 0.3) is 5.56 Å². The molecule has 0 aliphatic heterocycles. The zero-order valence-corrected chi connectivity index (χ0v) is 22.8. The van der Waals surface area contributed by atoms with E-state index in [1.165, 1.54) is 0 Å². The van der Waals surface area contributed by atoms with Crippen LogP contribution in [0.2, 0.25) is 0 Å². The number of hydrogen-bond donors (Lipinski definition) is 0. The smallest absolute Gasteiger partial charge is 0.261 e. The topological polar surface area (TPSA) is 79.1 Å². The molecule has 3 heterocycles. The predicted octanol–water partition coefficient (Wildman–Crippen LogP) is 5.81. The predicted molar refractivity (Wildman–Crippen MR) is 146 cm³/mol. The third-order valence-electron chi connectivity index (χ3n) is 6.49. The van der Waals surface area contributed by atoms with Crippen molar-refractivity contribution in [2.75, 3.05) is 7.11 Å². The molecule has 7 heteroatoms. The molecular formula is C30H34N4O3. The van der Waals surface area contributed by atoms with Crippen LogP contribution in [0.4, 0.5) is 0 Å². The Morgan fingerprint density at radius 1 is 0.973 bits per heavy atom. The molecule has 4 rings (SSSR count). The van der Waals surface area contributed by atoms with E-state index in [0.29, 0.717) is 23.6 Å². The second-order valence-corrected chi connectivity index (χ2v) is 10.3. The first-order chi connectivity index (χ1) is 17.5. The van der Waals surface area contributed by atoms with Crippen molar-refractivity contribution in [3.63, 3.8) is 0 Å². The highest BCUT2D eigenvalue weighted by atomic mass is 16.5. The van der Waals surface area contributed by atoms with E-state index in [0.717, 1.165) is 45.3 Å². The maximum atomic E-state index is 13.6. The molecular weight excluding hydrogens is 464 g/mol. The summed E-state index contributed by atoms with van der Waals surface area (Å²) in [6.45, 7) is 14.3. The largest absolute Gasteiger partial charge is 0.497 e. The third kappa shape index (κ3) is 5.26. The summed E-state index contributed by atoms with van der Waals surface area (Å²) in [6.07, 6.45) is 3.55. The number of benzene rings is 1. The molecule has 0 bridgehead atoms. The summed E-state index contributed by atoms with van der Waals surface area (Å²) in [5.41, 5.74) is 6.03. The van der Waals surface area contributed by atoms with Crippen LogP contribution in [0.3, 0.4) is 0 Å². The Bertz CT molecular complexity index is 1520. The molecule has 4 aromatic rings. The average molecular weight is 499 g/mol. The molecule has 0 aliphatic rings. The van der Waals surface area contributed by atoms with E-state index in [-0.39, 0.29) is 11.0 Å². The second-order valence-electron chi connectivity index (χ2n) is 10.3. The summed E-state index contributed by atoms with van der Waals surface area (Å²) >= 11 is 0. The van der Waals surface area contributed by atoms with E-state index in [9.17, 15) is 4.79 Å². The van der Waals surface area contributed by atoms with Crippen LogP contribution in [0.1, 0.15) is 54.5 Å². The number of rotatable bonds is 6. The molecule has 0 amide bonds.